The number of rotatable bonds is 3. The molecule has 0 aliphatic rings. The van der Waals surface area contributed by atoms with Crippen LogP contribution in [-0.4, -0.2) is 5.78 Å². The quantitative estimate of drug-likeness (QED) is 0.561. The molecule has 0 unspecified atom stereocenters. The maximum atomic E-state index is 12.6. The molecule has 2 rings (SSSR count). The zero-order chi connectivity index (χ0) is 16.3. The predicted molar refractivity (Wildman–Crippen MR) is 80.7 cm³/mol. The Hall–Kier alpha value is -2.36. The Labute approximate surface area is 127 Å². The third kappa shape index (κ3) is 3.85. The van der Waals surface area contributed by atoms with Crippen LogP contribution < -0.4 is 0 Å². The number of hydrogen-bond acceptors (Lipinski definition) is 1. The second-order valence-electron chi connectivity index (χ2n) is 5.14. The molecule has 22 heavy (non-hydrogen) atoms. The van der Waals surface area contributed by atoms with E-state index in [1.807, 2.05) is 32.0 Å². The van der Waals surface area contributed by atoms with Crippen molar-refractivity contribution in [1.82, 2.24) is 0 Å². The molecule has 0 aromatic heterocycles. The van der Waals surface area contributed by atoms with Crippen molar-refractivity contribution < 1.29 is 18.0 Å². The molecule has 0 fully saturated rings. The van der Waals surface area contributed by atoms with E-state index in [1.54, 1.807) is 6.08 Å². The number of carbonyl (C=O) groups is 1. The molecule has 2 aromatic carbocycles. The molecular formula is C18H15F3O. The Bertz CT molecular complexity index is 727. The van der Waals surface area contributed by atoms with E-state index in [1.165, 1.54) is 18.2 Å². The number of benzene rings is 2. The molecule has 0 atom stereocenters. The average Bonchev–Trinajstić information content (AvgIpc) is 2.45. The third-order valence-electron chi connectivity index (χ3n) is 3.31. The van der Waals surface area contributed by atoms with Crippen molar-refractivity contribution in [3.05, 3.63) is 76.4 Å². The van der Waals surface area contributed by atoms with Gasteiger partial charge < -0.3 is 0 Å². The summed E-state index contributed by atoms with van der Waals surface area (Å²) < 4.78 is 37.9. The van der Waals surface area contributed by atoms with Crippen LogP contribution in [0.1, 0.15) is 32.6 Å². The van der Waals surface area contributed by atoms with E-state index in [0.717, 1.165) is 28.8 Å². The van der Waals surface area contributed by atoms with Crippen LogP contribution in [0, 0.1) is 13.8 Å². The molecule has 2 aromatic rings. The molecule has 114 valence electrons. The monoisotopic (exact) mass is 304 g/mol. The molecule has 0 radical (unpaired) electrons. The zero-order valence-electron chi connectivity index (χ0n) is 12.2. The van der Waals surface area contributed by atoms with Crippen molar-refractivity contribution in [2.75, 3.05) is 0 Å². The number of aryl methyl sites for hydroxylation is 2. The summed E-state index contributed by atoms with van der Waals surface area (Å²) in [7, 11) is 0. The summed E-state index contributed by atoms with van der Waals surface area (Å²) in [6, 6.07) is 10.2. The first-order chi connectivity index (χ1) is 10.3. The van der Waals surface area contributed by atoms with E-state index in [-0.39, 0.29) is 5.56 Å². The standard InChI is InChI=1S/C18H15F3O/c1-12-6-7-14(13(2)10-12)8-9-17(22)15-4-3-5-16(11-15)18(19,20)21/h3-11H,1-2H3. The van der Waals surface area contributed by atoms with Crippen LogP contribution in [0.2, 0.25) is 0 Å². The first-order valence-corrected chi connectivity index (χ1v) is 6.74. The number of allylic oxidation sites excluding steroid dienone is 1. The maximum Gasteiger partial charge on any atom is 0.416 e. The Morgan fingerprint density at radius 3 is 2.41 bits per heavy atom. The zero-order valence-corrected chi connectivity index (χ0v) is 12.2. The second-order valence-corrected chi connectivity index (χ2v) is 5.14. The minimum Gasteiger partial charge on any atom is -0.289 e. The van der Waals surface area contributed by atoms with Crippen LogP contribution in [0.15, 0.2) is 48.5 Å². The van der Waals surface area contributed by atoms with Crippen molar-refractivity contribution in [2.24, 2.45) is 0 Å². The lowest BCUT2D eigenvalue weighted by Crippen LogP contribution is -2.06. The highest BCUT2D eigenvalue weighted by atomic mass is 19.4. The summed E-state index contributed by atoms with van der Waals surface area (Å²) in [5, 5.41) is 0. The third-order valence-corrected chi connectivity index (χ3v) is 3.31. The van der Waals surface area contributed by atoms with Crippen LogP contribution in [0.4, 0.5) is 13.2 Å². The van der Waals surface area contributed by atoms with E-state index < -0.39 is 17.5 Å². The highest BCUT2D eigenvalue weighted by Gasteiger charge is 2.30. The van der Waals surface area contributed by atoms with Crippen LogP contribution in [-0.2, 0) is 6.18 Å². The van der Waals surface area contributed by atoms with E-state index >= 15 is 0 Å². The smallest absolute Gasteiger partial charge is 0.289 e. The SMILES string of the molecule is Cc1ccc(C=CC(=O)c2cccc(C(F)(F)F)c2)c(C)c1. The molecule has 0 spiro atoms. The van der Waals surface area contributed by atoms with Crippen LogP contribution >= 0.6 is 0 Å². The van der Waals surface area contributed by atoms with Gasteiger partial charge in [0.1, 0.15) is 0 Å². The molecule has 0 aliphatic heterocycles. The van der Waals surface area contributed by atoms with Gasteiger partial charge in [-0.25, -0.2) is 0 Å². The van der Waals surface area contributed by atoms with Gasteiger partial charge in [0.2, 0.25) is 0 Å². The number of ketones is 1. The van der Waals surface area contributed by atoms with Gasteiger partial charge in [0.25, 0.3) is 0 Å². The summed E-state index contributed by atoms with van der Waals surface area (Å²) >= 11 is 0. The lowest BCUT2D eigenvalue weighted by molar-refractivity contribution is -0.137. The number of halogens is 3. The van der Waals surface area contributed by atoms with E-state index in [0.29, 0.717) is 0 Å². The maximum absolute atomic E-state index is 12.6. The summed E-state index contributed by atoms with van der Waals surface area (Å²) in [4.78, 5) is 12.0. The number of alkyl halides is 3. The van der Waals surface area contributed by atoms with Crippen molar-refractivity contribution >= 4 is 11.9 Å². The minimum atomic E-state index is -4.45. The first-order valence-electron chi connectivity index (χ1n) is 6.74. The van der Waals surface area contributed by atoms with Crippen LogP contribution in [0.5, 0.6) is 0 Å². The molecule has 0 N–H and O–H groups in total. The fourth-order valence-electron chi connectivity index (χ4n) is 2.12. The topological polar surface area (TPSA) is 17.1 Å². The van der Waals surface area contributed by atoms with Crippen molar-refractivity contribution in [2.45, 2.75) is 20.0 Å². The Kier molecular flexibility index (Phi) is 4.50. The predicted octanol–water partition coefficient (Wildman–Crippen LogP) is 5.22. The molecule has 0 bridgehead atoms. The summed E-state index contributed by atoms with van der Waals surface area (Å²) in [5.41, 5.74) is 2.19. The van der Waals surface area contributed by atoms with Gasteiger partial charge in [0.15, 0.2) is 5.78 Å². The van der Waals surface area contributed by atoms with E-state index in [4.69, 9.17) is 0 Å². The highest BCUT2D eigenvalue weighted by Crippen LogP contribution is 2.29. The molecule has 0 saturated heterocycles. The second kappa shape index (κ2) is 6.18. The van der Waals surface area contributed by atoms with Gasteiger partial charge in [-0.2, -0.15) is 13.2 Å². The minimum absolute atomic E-state index is 0.0239. The lowest BCUT2D eigenvalue weighted by Gasteiger charge is -2.07. The van der Waals surface area contributed by atoms with Gasteiger partial charge >= 0.3 is 6.18 Å². The number of carbonyl (C=O) groups excluding carboxylic acids is 1. The largest absolute Gasteiger partial charge is 0.416 e. The molecule has 0 saturated carbocycles. The van der Waals surface area contributed by atoms with Crippen LogP contribution in [0.25, 0.3) is 6.08 Å². The van der Waals surface area contributed by atoms with Gasteiger partial charge in [-0.3, -0.25) is 4.79 Å². The van der Waals surface area contributed by atoms with E-state index in [2.05, 4.69) is 0 Å². The molecule has 1 nitrogen and oxygen atoms in total. The Morgan fingerprint density at radius 1 is 1.05 bits per heavy atom. The van der Waals surface area contributed by atoms with Gasteiger partial charge in [-0.15, -0.1) is 0 Å². The van der Waals surface area contributed by atoms with E-state index in [9.17, 15) is 18.0 Å². The molecule has 4 heteroatoms. The normalized spacial score (nSPS) is 11.9. The molecule has 0 heterocycles. The molecule has 0 aliphatic carbocycles. The fraction of sp³-hybridized carbons (Fsp3) is 0.167. The summed E-state index contributed by atoms with van der Waals surface area (Å²) in [6.07, 6.45) is -1.53. The van der Waals surface area contributed by atoms with Crippen molar-refractivity contribution in [3.63, 3.8) is 0 Å². The molecule has 0 amide bonds. The van der Waals surface area contributed by atoms with Crippen LogP contribution in [0.3, 0.4) is 0 Å². The van der Waals surface area contributed by atoms with Gasteiger partial charge in [0, 0.05) is 5.56 Å². The lowest BCUT2D eigenvalue weighted by atomic mass is 10.0. The highest BCUT2D eigenvalue weighted by molar-refractivity contribution is 6.07. The van der Waals surface area contributed by atoms with Crippen molar-refractivity contribution in [3.8, 4) is 0 Å². The van der Waals surface area contributed by atoms with Gasteiger partial charge in [-0.05, 0) is 43.2 Å². The Balaban J connectivity index is 2.24. The summed E-state index contributed by atoms with van der Waals surface area (Å²) in [5.74, 6) is -0.453. The summed E-state index contributed by atoms with van der Waals surface area (Å²) in [6.45, 7) is 3.88. The first kappa shape index (κ1) is 16.0. The average molecular weight is 304 g/mol. The Morgan fingerprint density at radius 2 is 1.77 bits per heavy atom. The number of hydrogen-bond donors (Lipinski definition) is 0. The van der Waals surface area contributed by atoms with Gasteiger partial charge in [0.05, 0.1) is 5.56 Å². The van der Waals surface area contributed by atoms with Crippen molar-refractivity contribution in [1.29, 1.82) is 0 Å². The van der Waals surface area contributed by atoms with Gasteiger partial charge in [-0.1, -0.05) is 42.0 Å². The fourth-order valence-corrected chi connectivity index (χ4v) is 2.12. The molecular weight excluding hydrogens is 289 g/mol.